The summed E-state index contributed by atoms with van der Waals surface area (Å²) in [5.74, 6) is 1.24. The summed E-state index contributed by atoms with van der Waals surface area (Å²) in [7, 11) is 0. The van der Waals surface area contributed by atoms with Gasteiger partial charge in [0.05, 0.1) is 15.7 Å². The maximum atomic E-state index is 6.07. The number of anilines is 1. The van der Waals surface area contributed by atoms with Crippen LogP contribution >= 0.6 is 34.8 Å². The van der Waals surface area contributed by atoms with Gasteiger partial charge in [0.2, 0.25) is 0 Å². The van der Waals surface area contributed by atoms with Crippen LogP contribution < -0.4 is 10.1 Å². The molecule has 0 fully saturated rings. The van der Waals surface area contributed by atoms with Crippen molar-refractivity contribution in [2.75, 3.05) is 11.9 Å². The standard InChI is InChI=1S/C15H15Cl3N2O/c1-2-6-19-14-5-3-4-11(20-14)9-21-15-12(17)7-10(16)8-13(15)18/h3-5,7-8H,2,6,9H2,1H3,(H,19,20). The Balaban J connectivity index is 2.06. The largest absolute Gasteiger partial charge is 0.484 e. The number of hydrogen-bond donors (Lipinski definition) is 1. The van der Waals surface area contributed by atoms with E-state index in [0.717, 1.165) is 24.5 Å². The summed E-state index contributed by atoms with van der Waals surface area (Å²) < 4.78 is 5.66. The third-order valence-corrected chi connectivity index (χ3v) is 3.47. The van der Waals surface area contributed by atoms with Crippen molar-refractivity contribution in [3.05, 3.63) is 51.1 Å². The molecule has 21 heavy (non-hydrogen) atoms. The highest BCUT2D eigenvalue weighted by molar-refractivity contribution is 6.40. The van der Waals surface area contributed by atoms with Gasteiger partial charge < -0.3 is 10.1 Å². The second-order valence-corrected chi connectivity index (χ2v) is 5.68. The second-order valence-electron chi connectivity index (χ2n) is 4.43. The van der Waals surface area contributed by atoms with E-state index in [4.69, 9.17) is 39.5 Å². The Morgan fingerprint density at radius 1 is 1.14 bits per heavy atom. The van der Waals surface area contributed by atoms with Gasteiger partial charge in [-0.15, -0.1) is 0 Å². The molecule has 1 aromatic heterocycles. The van der Waals surface area contributed by atoms with Crippen LogP contribution in [-0.2, 0) is 6.61 Å². The monoisotopic (exact) mass is 344 g/mol. The molecule has 0 aliphatic rings. The molecule has 0 spiro atoms. The van der Waals surface area contributed by atoms with Crippen molar-refractivity contribution in [1.82, 2.24) is 4.98 Å². The molecule has 0 aliphatic carbocycles. The molecule has 0 unspecified atom stereocenters. The summed E-state index contributed by atoms with van der Waals surface area (Å²) in [6.45, 7) is 3.26. The molecule has 6 heteroatoms. The number of ether oxygens (including phenoxy) is 1. The first kappa shape index (κ1) is 16.2. The minimum Gasteiger partial charge on any atom is -0.484 e. The Morgan fingerprint density at radius 3 is 2.52 bits per heavy atom. The van der Waals surface area contributed by atoms with Crippen molar-refractivity contribution < 1.29 is 4.74 Å². The summed E-state index contributed by atoms with van der Waals surface area (Å²) in [4.78, 5) is 4.45. The third kappa shape index (κ3) is 4.67. The Labute approximate surface area is 139 Å². The van der Waals surface area contributed by atoms with Gasteiger partial charge in [-0.2, -0.15) is 0 Å². The van der Waals surface area contributed by atoms with Crippen molar-refractivity contribution in [3.8, 4) is 5.75 Å². The quantitative estimate of drug-likeness (QED) is 0.756. The average molecular weight is 346 g/mol. The molecular weight excluding hydrogens is 331 g/mol. The summed E-state index contributed by atoms with van der Waals surface area (Å²) in [6, 6.07) is 8.92. The first-order chi connectivity index (χ1) is 10.1. The molecule has 2 aromatic rings. The number of halogens is 3. The lowest BCUT2D eigenvalue weighted by molar-refractivity contribution is 0.302. The minimum atomic E-state index is 0.280. The molecule has 2 rings (SSSR count). The first-order valence-corrected chi connectivity index (χ1v) is 7.70. The number of hydrogen-bond acceptors (Lipinski definition) is 3. The fraction of sp³-hybridized carbons (Fsp3) is 0.267. The van der Waals surface area contributed by atoms with Crippen molar-refractivity contribution in [1.29, 1.82) is 0 Å². The van der Waals surface area contributed by atoms with E-state index in [9.17, 15) is 0 Å². The molecule has 0 atom stereocenters. The highest BCUT2D eigenvalue weighted by Gasteiger charge is 2.10. The first-order valence-electron chi connectivity index (χ1n) is 6.57. The van der Waals surface area contributed by atoms with Crippen LogP contribution in [0.1, 0.15) is 19.0 Å². The van der Waals surface area contributed by atoms with E-state index in [0.29, 0.717) is 20.8 Å². The van der Waals surface area contributed by atoms with Crippen molar-refractivity contribution in [2.45, 2.75) is 20.0 Å². The normalized spacial score (nSPS) is 10.5. The Hall–Kier alpha value is -1.16. The van der Waals surface area contributed by atoms with Gasteiger partial charge in [-0.05, 0) is 30.7 Å². The lowest BCUT2D eigenvalue weighted by Crippen LogP contribution is -2.05. The predicted molar refractivity (Wildman–Crippen MR) is 88.8 cm³/mol. The molecule has 0 radical (unpaired) electrons. The van der Waals surface area contributed by atoms with Crippen molar-refractivity contribution in [3.63, 3.8) is 0 Å². The van der Waals surface area contributed by atoms with Gasteiger partial charge in [-0.1, -0.05) is 47.8 Å². The van der Waals surface area contributed by atoms with Crippen LogP contribution in [0.25, 0.3) is 0 Å². The van der Waals surface area contributed by atoms with Crippen LogP contribution in [0.4, 0.5) is 5.82 Å². The fourth-order valence-electron chi connectivity index (χ4n) is 1.72. The van der Waals surface area contributed by atoms with Gasteiger partial charge in [0.1, 0.15) is 12.4 Å². The fourth-order valence-corrected chi connectivity index (χ4v) is 2.65. The Morgan fingerprint density at radius 2 is 1.86 bits per heavy atom. The molecule has 0 amide bonds. The van der Waals surface area contributed by atoms with Crippen LogP contribution in [0.15, 0.2) is 30.3 Å². The van der Waals surface area contributed by atoms with Gasteiger partial charge in [-0.25, -0.2) is 4.98 Å². The Kier molecular flexibility index (Phi) is 5.97. The average Bonchev–Trinajstić information content (AvgIpc) is 2.44. The van der Waals surface area contributed by atoms with Crippen LogP contribution in [0, 0.1) is 0 Å². The zero-order valence-electron chi connectivity index (χ0n) is 11.5. The second kappa shape index (κ2) is 7.74. The van der Waals surface area contributed by atoms with E-state index in [1.807, 2.05) is 18.2 Å². The molecule has 1 N–H and O–H groups in total. The van der Waals surface area contributed by atoms with E-state index in [1.165, 1.54) is 0 Å². The Bertz CT molecular complexity index is 597. The highest BCUT2D eigenvalue weighted by atomic mass is 35.5. The number of rotatable bonds is 6. The van der Waals surface area contributed by atoms with Gasteiger partial charge >= 0.3 is 0 Å². The van der Waals surface area contributed by atoms with Gasteiger partial charge in [0.15, 0.2) is 5.75 Å². The zero-order valence-corrected chi connectivity index (χ0v) is 13.8. The zero-order chi connectivity index (χ0) is 15.2. The molecule has 3 nitrogen and oxygen atoms in total. The number of nitrogens with one attached hydrogen (secondary N) is 1. The van der Waals surface area contributed by atoms with E-state index in [-0.39, 0.29) is 6.61 Å². The van der Waals surface area contributed by atoms with Gasteiger partial charge in [0.25, 0.3) is 0 Å². The lowest BCUT2D eigenvalue weighted by Gasteiger charge is -2.11. The molecular formula is C15H15Cl3N2O. The van der Waals surface area contributed by atoms with E-state index >= 15 is 0 Å². The summed E-state index contributed by atoms with van der Waals surface area (Å²) in [5, 5.41) is 4.46. The van der Waals surface area contributed by atoms with Gasteiger partial charge in [0, 0.05) is 11.6 Å². The summed E-state index contributed by atoms with van der Waals surface area (Å²) in [5.41, 5.74) is 0.790. The van der Waals surface area contributed by atoms with E-state index in [2.05, 4.69) is 17.2 Å². The molecule has 0 saturated carbocycles. The van der Waals surface area contributed by atoms with E-state index < -0.39 is 0 Å². The highest BCUT2D eigenvalue weighted by Crippen LogP contribution is 2.36. The third-order valence-electron chi connectivity index (χ3n) is 2.69. The SMILES string of the molecule is CCCNc1cccc(COc2c(Cl)cc(Cl)cc2Cl)n1. The number of nitrogens with zero attached hydrogens (tertiary/aromatic N) is 1. The van der Waals surface area contributed by atoms with Crippen molar-refractivity contribution >= 4 is 40.6 Å². The topological polar surface area (TPSA) is 34.1 Å². The molecule has 0 bridgehead atoms. The number of benzene rings is 1. The molecule has 0 saturated heterocycles. The van der Waals surface area contributed by atoms with E-state index in [1.54, 1.807) is 12.1 Å². The van der Waals surface area contributed by atoms with Gasteiger partial charge in [-0.3, -0.25) is 0 Å². The van der Waals surface area contributed by atoms with Crippen LogP contribution in [0.3, 0.4) is 0 Å². The van der Waals surface area contributed by atoms with Crippen LogP contribution in [0.5, 0.6) is 5.75 Å². The number of aromatic nitrogens is 1. The minimum absolute atomic E-state index is 0.280. The van der Waals surface area contributed by atoms with Crippen molar-refractivity contribution in [2.24, 2.45) is 0 Å². The molecule has 1 heterocycles. The molecule has 1 aromatic carbocycles. The van der Waals surface area contributed by atoms with Crippen LogP contribution in [-0.4, -0.2) is 11.5 Å². The lowest BCUT2D eigenvalue weighted by atomic mass is 10.3. The van der Waals surface area contributed by atoms with Crippen LogP contribution in [0.2, 0.25) is 15.1 Å². The summed E-state index contributed by atoms with van der Waals surface area (Å²) >= 11 is 18.0. The number of pyridine rings is 1. The maximum Gasteiger partial charge on any atom is 0.157 e. The molecule has 0 aliphatic heterocycles. The smallest absolute Gasteiger partial charge is 0.157 e. The predicted octanol–water partition coefficient (Wildman–Crippen LogP) is 5.44. The maximum absolute atomic E-state index is 6.07. The summed E-state index contributed by atoms with van der Waals surface area (Å²) in [6.07, 6.45) is 1.04. The molecule has 112 valence electrons.